The molecule has 1 aliphatic heterocycles. The number of amides is 1. The van der Waals surface area contributed by atoms with E-state index >= 15 is 0 Å². The summed E-state index contributed by atoms with van der Waals surface area (Å²) >= 11 is 0. The summed E-state index contributed by atoms with van der Waals surface area (Å²) in [6.45, 7) is 2.83. The van der Waals surface area contributed by atoms with E-state index in [1.807, 2.05) is 30.3 Å². The van der Waals surface area contributed by atoms with E-state index in [0.717, 1.165) is 19.4 Å². The lowest BCUT2D eigenvalue weighted by atomic mass is 10.1. The van der Waals surface area contributed by atoms with Crippen LogP contribution in [0.3, 0.4) is 0 Å². The molecule has 2 atom stereocenters. The van der Waals surface area contributed by atoms with Crippen molar-refractivity contribution in [2.75, 3.05) is 6.61 Å². The molecule has 0 aliphatic carbocycles. The molecule has 0 unspecified atom stereocenters. The van der Waals surface area contributed by atoms with E-state index in [2.05, 4.69) is 12.2 Å². The Labute approximate surface area is 95.8 Å². The van der Waals surface area contributed by atoms with Gasteiger partial charge in [0.05, 0.1) is 12.1 Å². The highest BCUT2D eigenvalue weighted by molar-refractivity contribution is 5.94. The Morgan fingerprint density at radius 2 is 2.19 bits per heavy atom. The molecular formula is C13H17NO2. The Morgan fingerprint density at radius 3 is 2.88 bits per heavy atom. The average Bonchev–Trinajstić information content (AvgIpc) is 2.77. The third kappa shape index (κ3) is 2.42. The Hall–Kier alpha value is -1.35. The zero-order valence-electron chi connectivity index (χ0n) is 9.48. The zero-order valence-corrected chi connectivity index (χ0v) is 9.48. The van der Waals surface area contributed by atoms with Gasteiger partial charge in [-0.1, -0.05) is 25.1 Å². The van der Waals surface area contributed by atoms with Crippen molar-refractivity contribution in [3.8, 4) is 0 Å². The first-order chi connectivity index (χ1) is 7.81. The number of ether oxygens (including phenoxy) is 1. The summed E-state index contributed by atoms with van der Waals surface area (Å²) in [6.07, 6.45) is 2.03. The number of nitrogens with one attached hydrogen (secondary N) is 1. The van der Waals surface area contributed by atoms with Crippen LogP contribution >= 0.6 is 0 Å². The predicted molar refractivity (Wildman–Crippen MR) is 62.3 cm³/mol. The number of hydrogen-bond acceptors (Lipinski definition) is 2. The van der Waals surface area contributed by atoms with Gasteiger partial charge in [-0.25, -0.2) is 0 Å². The van der Waals surface area contributed by atoms with Gasteiger partial charge >= 0.3 is 0 Å². The van der Waals surface area contributed by atoms with E-state index in [-0.39, 0.29) is 18.1 Å². The van der Waals surface area contributed by atoms with Crippen LogP contribution in [-0.2, 0) is 4.74 Å². The van der Waals surface area contributed by atoms with Crippen LogP contribution < -0.4 is 5.32 Å². The molecule has 1 fully saturated rings. The van der Waals surface area contributed by atoms with Crippen molar-refractivity contribution in [1.29, 1.82) is 0 Å². The molecule has 1 N–H and O–H groups in total. The standard InChI is InChI=1S/C13H17NO2/c1-2-12-11(8-9-16-12)14-13(15)10-6-4-3-5-7-10/h3-7,11-12H,2,8-9H2,1H3,(H,14,15)/t11-,12-/m0/s1. The van der Waals surface area contributed by atoms with Gasteiger partial charge in [0.2, 0.25) is 0 Å². The first-order valence-electron chi connectivity index (χ1n) is 5.78. The van der Waals surface area contributed by atoms with Crippen molar-refractivity contribution in [2.24, 2.45) is 0 Å². The zero-order chi connectivity index (χ0) is 11.4. The number of rotatable bonds is 3. The highest BCUT2D eigenvalue weighted by Gasteiger charge is 2.28. The smallest absolute Gasteiger partial charge is 0.251 e. The van der Waals surface area contributed by atoms with Crippen LogP contribution in [0, 0.1) is 0 Å². The fraction of sp³-hybridized carbons (Fsp3) is 0.462. The quantitative estimate of drug-likeness (QED) is 0.844. The molecule has 1 aromatic carbocycles. The second kappa shape index (κ2) is 5.12. The number of benzene rings is 1. The third-order valence-corrected chi connectivity index (χ3v) is 2.96. The lowest BCUT2D eigenvalue weighted by Gasteiger charge is -2.18. The van der Waals surface area contributed by atoms with E-state index in [1.54, 1.807) is 0 Å². The van der Waals surface area contributed by atoms with Crippen molar-refractivity contribution in [1.82, 2.24) is 5.32 Å². The Morgan fingerprint density at radius 1 is 1.44 bits per heavy atom. The van der Waals surface area contributed by atoms with E-state index in [9.17, 15) is 4.79 Å². The predicted octanol–water partition coefficient (Wildman–Crippen LogP) is 1.98. The summed E-state index contributed by atoms with van der Waals surface area (Å²) < 4.78 is 5.54. The van der Waals surface area contributed by atoms with E-state index in [4.69, 9.17) is 4.74 Å². The van der Waals surface area contributed by atoms with Crippen LogP contribution in [0.15, 0.2) is 30.3 Å². The fourth-order valence-corrected chi connectivity index (χ4v) is 2.06. The molecule has 1 amide bonds. The maximum atomic E-state index is 11.9. The largest absolute Gasteiger partial charge is 0.376 e. The normalized spacial score (nSPS) is 24.3. The second-order valence-corrected chi connectivity index (χ2v) is 4.05. The highest BCUT2D eigenvalue weighted by Crippen LogP contribution is 2.16. The number of carbonyl (C=O) groups is 1. The second-order valence-electron chi connectivity index (χ2n) is 4.05. The van der Waals surface area contributed by atoms with Gasteiger partial charge in [0.25, 0.3) is 5.91 Å². The molecule has 16 heavy (non-hydrogen) atoms. The number of carbonyl (C=O) groups excluding carboxylic acids is 1. The molecule has 0 radical (unpaired) electrons. The van der Waals surface area contributed by atoms with Crippen LogP contribution in [0.2, 0.25) is 0 Å². The monoisotopic (exact) mass is 219 g/mol. The Balaban J connectivity index is 1.97. The van der Waals surface area contributed by atoms with Crippen LogP contribution in [0.4, 0.5) is 0 Å². The molecule has 3 nitrogen and oxygen atoms in total. The first kappa shape index (κ1) is 11.1. The molecule has 86 valence electrons. The summed E-state index contributed by atoms with van der Waals surface area (Å²) in [5, 5.41) is 3.03. The summed E-state index contributed by atoms with van der Waals surface area (Å²) in [7, 11) is 0. The summed E-state index contributed by atoms with van der Waals surface area (Å²) in [5.74, 6) is -0.00505. The number of hydrogen-bond donors (Lipinski definition) is 1. The fourth-order valence-electron chi connectivity index (χ4n) is 2.06. The lowest BCUT2D eigenvalue weighted by Crippen LogP contribution is -2.40. The van der Waals surface area contributed by atoms with Crippen LogP contribution in [0.1, 0.15) is 30.1 Å². The van der Waals surface area contributed by atoms with Gasteiger partial charge in [-0.05, 0) is 25.0 Å². The van der Waals surface area contributed by atoms with Crippen LogP contribution in [-0.4, -0.2) is 24.7 Å². The Kier molecular flexibility index (Phi) is 3.57. The molecule has 3 heteroatoms. The van der Waals surface area contributed by atoms with Crippen molar-refractivity contribution < 1.29 is 9.53 Å². The summed E-state index contributed by atoms with van der Waals surface area (Å²) in [6, 6.07) is 9.47. The third-order valence-electron chi connectivity index (χ3n) is 2.96. The van der Waals surface area contributed by atoms with Crippen LogP contribution in [0.5, 0.6) is 0 Å². The molecule has 1 aromatic rings. The van der Waals surface area contributed by atoms with Gasteiger partial charge in [-0.2, -0.15) is 0 Å². The minimum absolute atomic E-state index is 0.00505. The Bertz CT molecular complexity index is 350. The molecule has 1 heterocycles. The SMILES string of the molecule is CC[C@@H]1OCC[C@@H]1NC(=O)c1ccccc1. The van der Waals surface area contributed by atoms with Gasteiger partial charge in [0.1, 0.15) is 0 Å². The van der Waals surface area contributed by atoms with Crippen molar-refractivity contribution in [2.45, 2.75) is 31.9 Å². The van der Waals surface area contributed by atoms with Gasteiger partial charge in [0.15, 0.2) is 0 Å². The molecule has 0 saturated carbocycles. The van der Waals surface area contributed by atoms with Crippen molar-refractivity contribution in [3.05, 3.63) is 35.9 Å². The van der Waals surface area contributed by atoms with Gasteiger partial charge in [-0.15, -0.1) is 0 Å². The van der Waals surface area contributed by atoms with Gasteiger partial charge in [-0.3, -0.25) is 4.79 Å². The molecule has 1 aliphatic rings. The highest BCUT2D eigenvalue weighted by atomic mass is 16.5. The average molecular weight is 219 g/mol. The van der Waals surface area contributed by atoms with Gasteiger partial charge in [0, 0.05) is 12.2 Å². The van der Waals surface area contributed by atoms with E-state index in [0.29, 0.717) is 5.56 Å². The van der Waals surface area contributed by atoms with E-state index < -0.39 is 0 Å². The maximum Gasteiger partial charge on any atom is 0.251 e. The molecule has 2 rings (SSSR count). The molecular weight excluding hydrogens is 202 g/mol. The van der Waals surface area contributed by atoms with Crippen molar-refractivity contribution >= 4 is 5.91 Å². The minimum atomic E-state index is -0.00505. The summed E-state index contributed by atoms with van der Waals surface area (Å²) in [5.41, 5.74) is 0.712. The lowest BCUT2D eigenvalue weighted by molar-refractivity contribution is 0.0809. The summed E-state index contributed by atoms with van der Waals surface area (Å²) in [4.78, 5) is 11.9. The molecule has 0 bridgehead atoms. The van der Waals surface area contributed by atoms with Crippen molar-refractivity contribution in [3.63, 3.8) is 0 Å². The maximum absolute atomic E-state index is 11.9. The van der Waals surface area contributed by atoms with Gasteiger partial charge < -0.3 is 10.1 Å². The van der Waals surface area contributed by atoms with Crippen LogP contribution in [0.25, 0.3) is 0 Å². The topological polar surface area (TPSA) is 38.3 Å². The molecule has 1 saturated heterocycles. The molecule has 0 spiro atoms. The van der Waals surface area contributed by atoms with E-state index in [1.165, 1.54) is 0 Å². The minimum Gasteiger partial charge on any atom is -0.376 e. The molecule has 0 aromatic heterocycles. The first-order valence-corrected chi connectivity index (χ1v) is 5.78.